The highest BCUT2D eigenvalue weighted by atomic mass is 16.1. The molecule has 1 aromatic carbocycles. The molecule has 0 heterocycles. The van der Waals surface area contributed by atoms with Crippen molar-refractivity contribution >= 4 is 5.91 Å². The van der Waals surface area contributed by atoms with E-state index in [2.05, 4.69) is 35.6 Å². The van der Waals surface area contributed by atoms with Crippen molar-refractivity contribution in [1.29, 1.82) is 0 Å². The Hall–Kier alpha value is -1.35. The number of hydrogen-bond donors (Lipinski definition) is 2. The van der Waals surface area contributed by atoms with Crippen LogP contribution in [0.4, 0.5) is 0 Å². The van der Waals surface area contributed by atoms with Crippen LogP contribution in [0.5, 0.6) is 0 Å². The van der Waals surface area contributed by atoms with Gasteiger partial charge in [-0.25, -0.2) is 0 Å². The predicted octanol–water partition coefficient (Wildman–Crippen LogP) is 2.64. The van der Waals surface area contributed by atoms with Gasteiger partial charge in [-0.05, 0) is 37.2 Å². The average molecular weight is 274 g/mol. The zero-order chi connectivity index (χ0) is 14.4. The number of hydrogen-bond acceptors (Lipinski definition) is 2. The Labute approximate surface area is 121 Å². The largest absolute Gasteiger partial charge is 0.355 e. The molecule has 2 rings (SSSR count). The third-order valence-corrected chi connectivity index (χ3v) is 4.25. The lowest BCUT2D eigenvalue weighted by atomic mass is 9.80. The van der Waals surface area contributed by atoms with Crippen LogP contribution in [0.2, 0.25) is 0 Å². The molecule has 0 bridgehead atoms. The summed E-state index contributed by atoms with van der Waals surface area (Å²) < 4.78 is 0. The van der Waals surface area contributed by atoms with Crippen molar-refractivity contribution in [3.05, 3.63) is 35.9 Å². The molecule has 1 amide bonds. The van der Waals surface area contributed by atoms with Crippen molar-refractivity contribution in [3.63, 3.8) is 0 Å². The summed E-state index contributed by atoms with van der Waals surface area (Å²) in [5, 5.41) is 3.10. The number of amides is 1. The van der Waals surface area contributed by atoms with E-state index in [1.807, 2.05) is 6.92 Å². The van der Waals surface area contributed by atoms with E-state index in [-0.39, 0.29) is 17.4 Å². The van der Waals surface area contributed by atoms with Gasteiger partial charge in [-0.2, -0.15) is 0 Å². The van der Waals surface area contributed by atoms with E-state index >= 15 is 0 Å². The molecule has 0 saturated heterocycles. The van der Waals surface area contributed by atoms with Crippen molar-refractivity contribution in [2.75, 3.05) is 6.54 Å². The molecule has 0 spiro atoms. The smallest absolute Gasteiger partial charge is 0.221 e. The monoisotopic (exact) mass is 274 g/mol. The van der Waals surface area contributed by atoms with E-state index in [1.54, 1.807) is 0 Å². The van der Waals surface area contributed by atoms with Crippen LogP contribution in [0.25, 0.3) is 0 Å². The van der Waals surface area contributed by atoms with E-state index in [4.69, 9.17) is 5.73 Å². The van der Waals surface area contributed by atoms with Gasteiger partial charge in [0.05, 0.1) is 0 Å². The van der Waals surface area contributed by atoms with Crippen molar-refractivity contribution in [2.24, 2.45) is 11.1 Å². The highest BCUT2D eigenvalue weighted by molar-refractivity contribution is 5.76. The van der Waals surface area contributed by atoms with Gasteiger partial charge in [-0.15, -0.1) is 0 Å². The first-order valence-corrected chi connectivity index (χ1v) is 7.66. The number of carbonyl (C=O) groups excluding carboxylic acids is 1. The minimum absolute atomic E-state index is 0.0661. The lowest BCUT2D eigenvalue weighted by molar-refractivity contribution is -0.121. The Morgan fingerprint density at radius 2 is 1.95 bits per heavy atom. The van der Waals surface area contributed by atoms with Crippen LogP contribution in [0.15, 0.2) is 30.3 Å². The third-order valence-electron chi connectivity index (χ3n) is 4.25. The molecule has 1 saturated carbocycles. The van der Waals surface area contributed by atoms with Crippen molar-refractivity contribution in [3.8, 4) is 0 Å². The normalized spacial score (nSPS) is 18.7. The van der Waals surface area contributed by atoms with Gasteiger partial charge >= 0.3 is 0 Å². The zero-order valence-corrected chi connectivity index (χ0v) is 12.4. The molecule has 1 aliphatic carbocycles. The van der Waals surface area contributed by atoms with Crippen molar-refractivity contribution in [2.45, 2.75) is 51.5 Å². The molecule has 110 valence electrons. The van der Waals surface area contributed by atoms with Crippen LogP contribution < -0.4 is 11.1 Å². The molecular weight excluding hydrogens is 248 g/mol. The summed E-state index contributed by atoms with van der Waals surface area (Å²) in [6.07, 6.45) is 6.44. The quantitative estimate of drug-likeness (QED) is 0.838. The molecule has 0 aromatic heterocycles. The standard InChI is InChI=1S/C17H26N2O/c1-14(18)11-16(20)19-13-17(9-5-6-10-17)12-15-7-3-2-4-8-15/h2-4,7-8,14H,5-6,9-13,18H2,1H3,(H,19,20). The number of nitrogens with two attached hydrogens (primary N) is 1. The Morgan fingerprint density at radius 3 is 2.55 bits per heavy atom. The topological polar surface area (TPSA) is 55.1 Å². The molecule has 3 nitrogen and oxygen atoms in total. The molecule has 0 radical (unpaired) electrons. The lowest BCUT2D eigenvalue weighted by Gasteiger charge is -2.29. The molecule has 20 heavy (non-hydrogen) atoms. The second-order valence-electron chi connectivity index (χ2n) is 6.33. The zero-order valence-electron chi connectivity index (χ0n) is 12.4. The fourth-order valence-corrected chi connectivity index (χ4v) is 3.22. The summed E-state index contributed by atoms with van der Waals surface area (Å²) in [7, 11) is 0. The van der Waals surface area contributed by atoms with Gasteiger partial charge < -0.3 is 11.1 Å². The summed E-state index contributed by atoms with van der Waals surface area (Å²) >= 11 is 0. The van der Waals surface area contributed by atoms with E-state index in [1.165, 1.54) is 31.2 Å². The molecule has 1 fully saturated rings. The van der Waals surface area contributed by atoms with Crippen LogP contribution in [-0.2, 0) is 11.2 Å². The Balaban J connectivity index is 1.94. The summed E-state index contributed by atoms with van der Waals surface area (Å²) in [6.45, 7) is 2.66. The number of rotatable bonds is 6. The van der Waals surface area contributed by atoms with Gasteiger partial charge in [0.25, 0.3) is 0 Å². The molecule has 1 unspecified atom stereocenters. The fourth-order valence-electron chi connectivity index (χ4n) is 3.22. The molecule has 0 aliphatic heterocycles. The maximum Gasteiger partial charge on any atom is 0.221 e. The molecule has 1 aromatic rings. The molecule has 1 aliphatic rings. The maximum absolute atomic E-state index is 11.8. The Bertz CT molecular complexity index is 422. The SMILES string of the molecule is CC(N)CC(=O)NCC1(Cc2ccccc2)CCCC1. The van der Waals surface area contributed by atoms with Crippen LogP contribution >= 0.6 is 0 Å². The van der Waals surface area contributed by atoms with E-state index in [0.717, 1.165) is 13.0 Å². The maximum atomic E-state index is 11.8. The number of nitrogens with one attached hydrogen (secondary N) is 1. The number of carbonyl (C=O) groups is 1. The minimum Gasteiger partial charge on any atom is -0.355 e. The summed E-state index contributed by atoms with van der Waals surface area (Å²) in [5.74, 6) is 0.0827. The summed E-state index contributed by atoms with van der Waals surface area (Å²) in [5.41, 5.74) is 7.29. The highest BCUT2D eigenvalue weighted by Crippen LogP contribution is 2.40. The first kappa shape index (κ1) is 15.0. The first-order valence-electron chi connectivity index (χ1n) is 7.66. The second kappa shape index (κ2) is 6.89. The van der Waals surface area contributed by atoms with Crippen LogP contribution in [0, 0.1) is 5.41 Å². The van der Waals surface area contributed by atoms with Gasteiger partial charge in [0.1, 0.15) is 0 Å². The number of benzene rings is 1. The molecule has 1 atom stereocenters. The van der Waals surface area contributed by atoms with Gasteiger partial charge in [0.15, 0.2) is 0 Å². The second-order valence-corrected chi connectivity index (χ2v) is 6.33. The van der Waals surface area contributed by atoms with Crippen molar-refractivity contribution < 1.29 is 4.79 Å². The van der Waals surface area contributed by atoms with Gasteiger partial charge in [-0.3, -0.25) is 4.79 Å². The van der Waals surface area contributed by atoms with E-state index in [0.29, 0.717) is 6.42 Å². The third kappa shape index (κ3) is 4.34. The van der Waals surface area contributed by atoms with Crippen LogP contribution in [0.3, 0.4) is 0 Å². The minimum atomic E-state index is -0.0661. The average Bonchev–Trinajstić information content (AvgIpc) is 2.86. The van der Waals surface area contributed by atoms with Gasteiger partial charge in [0, 0.05) is 19.0 Å². The van der Waals surface area contributed by atoms with Gasteiger partial charge in [0.2, 0.25) is 5.91 Å². The first-order chi connectivity index (χ1) is 9.60. The van der Waals surface area contributed by atoms with E-state index < -0.39 is 0 Å². The van der Waals surface area contributed by atoms with Crippen LogP contribution in [0.1, 0.15) is 44.6 Å². The Kier molecular flexibility index (Phi) is 5.18. The molecule has 3 heteroatoms. The Morgan fingerprint density at radius 1 is 1.30 bits per heavy atom. The highest BCUT2D eigenvalue weighted by Gasteiger charge is 2.34. The molecule has 3 N–H and O–H groups in total. The summed E-state index contributed by atoms with van der Waals surface area (Å²) in [6, 6.07) is 10.5. The summed E-state index contributed by atoms with van der Waals surface area (Å²) in [4.78, 5) is 11.8. The lowest BCUT2D eigenvalue weighted by Crippen LogP contribution is -2.39. The molecular formula is C17H26N2O. The van der Waals surface area contributed by atoms with Crippen LogP contribution in [-0.4, -0.2) is 18.5 Å². The van der Waals surface area contributed by atoms with Gasteiger partial charge in [-0.1, -0.05) is 43.2 Å². The van der Waals surface area contributed by atoms with Crippen molar-refractivity contribution in [1.82, 2.24) is 5.32 Å². The fraction of sp³-hybridized carbons (Fsp3) is 0.588. The predicted molar refractivity (Wildman–Crippen MR) is 82.3 cm³/mol. The van der Waals surface area contributed by atoms with E-state index in [9.17, 15) is 4.79 Å².